The number of carbonyl (C=O) groups is 1. The van der Waals surface area contributed by atoms with E-state index in [0.29, 0.717) is 23.0 Å². The molecule has 1 amide bonds. The monoisotopic (exact) mass is 410 g/mol. The van der Waals surface area contributed by atoms with Crippen molar-refractivity contribution in [2.24, 2.45) is 0 Å². The number of aromatic nitrogens is 1. The Bertz CT molecular complexity index is 1100. The topological polar surface area (TPSA) is 78.9 Å². The lowest BCUT2D eigenvalue weighted by atomic mass is 9.88. The Morgan fingerprint density at radius 1 is 1.14 bits per heavy atom. The van der Waals surface area contributed by atoms with Gasteiger partial charge in [-0.3, -0.25) is 4.79 Å². The maximum absolute atomic E-state index is 12.6. The van der Waals surface area contributed by atoms with Gasteiger partial charge in [-0.05, 0) is 17.6 Å². The third-order valence-corrected chi connectivity index (χ3v) is 6.09. The van der Waals surface area contributed by atoms with Crippen LogP contribution in [0, 0.1) is 0 Å². The molecule has 0 spiro atoms. The number of nitrogens with zero attached hydrogens (tertiary/aromatic N) is 1. The zero-order chi connectivity index (χ0) is 20.0. The number of hydrogen-bond donors (Lipinski definition) is 1. The molecule has 2 aliphatic rings. The van der Waals surface area contributed by atoms with Crippen LogP contribution in [0.4, 0.5) is 5.69 Å². The van der Waals surface area contributed by atoms with Crippen LogP contribution in [0.15, 0.2) is 36.4 Å². The van der Waals surface area contributed by atoms with Crippen LogP contribution in [0.2, 0.25) is 0 Å². The van der Waals surface area contributed by atoms with E-state index in [1.807, 2.05) is 36.4 Å². The van der Waals surface area contributed by atoms with Crippen molar-refractivity contribution in [2.45, 2.75) is 12.3 Å². The SMILES string of the molecule is COc1cc(C2CC(=O)Nc3c(-c4ccccc4)nsc32)c(OC)c2c1OCO2. The van der Waals surface area contributed by atoms with Crippen LogP contribution in [0.1, 0.15) is 22.8 Å². The molecule has 2 aliphatic heterocycles. The third kappa shape index (κ3) is 2.79. The van der Waals surface area contributed by atoms with Crippen molar-refractivity contribution in [3.63, 3.8) is 0 Å². The molecule has 0 bridgehead atoms. The van der Waals surface area contributed by atoms with Crippen LogP contribution in [-0.4, -0.2) is 31.3 Å². The van der Waals surface area contributed by atoms with Crippen LogP contribution in [0.3, 0.4) is 0 Å². The fourth-order valence-electron chi connectivity index (χ4n) is 3.83. The van der Waals surface area contributed by atoms with Gasteiger partial charge in [0.25, 0.3) is 0 Å². The van der Waals surface area contributed by atoms with E-state index in [1.54, 1.807) is 14.2 Å². The summed E-state index contributed by atoms with van der Waals surface area (Å²) in [5.41, 5.74) is 3.30. The van der Waals surface area contributed by atoms with Crippen molar-refractivity contribution in [1.29, 1.82) is 0 Å². The molecule has 29 heavy (non-hydrogen) atoms. The molecule has 0 radical (unpaired) electrons. The number of hydrogen-bond acceptors (Lipinski definition) is 7. The summed E-state index contributed by atoms with van der Waals surface area (Å²) < 4.78 is 27.0. The first-order valence-corrected chi connectivity index (χ1v) is 9.88. The number of methoxy groups -OCH3 is 2. The Morgan fingerprint density at radius 3 is 2.69 bits per heavy atom. The molecule has 0 fully saturated rings. The lowest BCUT2D eigenvalue weighted by Crippen LogP contribution is -2.23. The number of amides is 1. The van der Waals surface area contributed by atoms with E-state index < -0.39 is 0 Å². The molecule has 5 rings (SSSR count). The Morgan fingerprint density at radius 2 is 1.93 bits per heavy atom. The molecule has 7 nitrogen and oxygen atoms in total. The standard InChI is InChI=1S/C21H18N2O5S/c1-25-14-8-12(18(26-2)20-19(14)27-10-28-20)13-9-15(24)22-17-16(23-29-21(13)17)11-6-4-3-5-7-11/h3-8,13H,9-10H2,1-2H3,(H,22,24). The van der Waals surface area contributed by atoms with Gasteiger partial charge in [-0.1, -0.05) is 30.3 Å². The smallest absolute Gasteiger partial charge is 0.231 e. The number of anilines is 1. The predicted octanol–water partition coefficient (Wildman–Crippen LogP) is 4.03. The minimum Gasteiger partial charge on any atom is -0.493 e. The van der Waals surface area contributed by atoms with Gasteiger partial charge in [-0.15, -0.1) is 0 Å². The first-order valence-electron chi connectivity index (χ1n) is 9.10. The summed E-state index contributed by atoms with van der Waals surface area (Å²) in [6.07, 6.45) is 0.280. The lowest BCUT2D eigenvalue weighted by Gasteiger charge is -2.25. The average Bonchev–Trinajstić information content (AvgIpc) is 3.40. The Balaban J connectivity index is 1.68. The second-order valence-corrected chi connectivity index (χ2v) is 7.51. The maximum atomic E-state index is 12.6. The molecule has 3 aromatic rings. The van der Waals surface area contributed by atoms with E-state index >= 15 is 0 Å². The second kappa shape index (κ2) is 6.97. The fourth-order valence-corrected chi connectivity index (χ4v) is 4.79. The number of ether oxygens (including phenoxy) is 4. The molecular formula is C21H18N2O5S. The van der Waals surface area contributed by atoms with Crippen LogP contribution in [0.25, 0.3) is 11.3 Å². The van der Waals surface area contributed by atoms with Gasteiger partial charge >= 0.3 is 0 Å². The van der Waals surface area contributed by atoms with E-state index in [4.69, 9.17) is 18.9 Å². The highest BCUT2D eigenvalue weighted by atomic mass is 32.1. The number of nitrogens with one attached hydrogen (secondary N) is 1. The lowest BCUT2D eigenvalue weighted by molar-refractivity contribution is -0.116. The van der Waals surface area contributed by atoms with Crippen LogP contribution in [0.5, 0.6) is 23.0 Å². The van der Waals surface area contributed by atoms with Gasteiger partial charge < -0.3 is 24.3 Å². The summed E-state index contributed by atoms with van der Waals surface area (Å²) in [4.78, 5) is 13.6. The minimum absolute atomic E-state index is 0.0708. The Hall–Kier alpha value is -3.26. The predicted molar refractivity (Wildman–Crippen MR) is 108 cm³/mol. The van der Waals surface area contributed by atoms with Crippen molar-refractivity contribution >= 4 is 23.1 Å². The van der Waals surface area contributed by atoms with Gasteiger partial charge in [0, 0.05) is 23.5 Å². The Labute approximate surface area is 171 Å². The van der Waals surface area contributed by atoms with Crippen molar-refractivity contribution in [1.82, 2.24) is 4.37 Å². The first-order chi connectivity index (χ1) is 14.2. The molecule has 8 heteroatoms. The summed E-state index contributed by atoms with van der Waals surface area (Å²) >= 11 is 1.38. The minimum atomic E-state index is -0.230. The largest absolute Gasteiger partial charge is 0.493 e. The number of fused-ring (bicyclic) bond motifs is 2. The highest BCUT2D eigenvalue weighted by Crippen LogP contribution is 2.54. The molecular weight excluding hydrogens is 392 g/mol. The molecule has 1 aromatic heterocycles. The molecule has 0 saturated heterocycles. The van der Waals surface area contributed by atoms with Gasteiger partial charge in [-0.25, -0.2) is 0 Å². The first kappa shape index (κ1) is 17.8. The molecule has 1 atom stereocenters. The van der Waals surface area contributed by atoms with E-state index in [2.05, 4.69) is 9.69 Å². The zero-order valence-corrected chi connectivity index (χ0v) is 16.7. The Kier molecular flexibility index (Phi) is 4.28. The van der Waals surface area contributed by atoms with Crippen LogP contribution < -0.4 is 24.3 Å². The normalized spacial score (nSPS) is 16.9. The molecule has 148 valence electrons. The van der Waals surface area contributed by atoms with Gasteiger partial charge in [0.1, 0.15) is 5.69 Å². The summed E-state index contributed by atoms with van der Waals surface area (Å²) in [7, 11) is 3.16. The van der Waals surface area contributed by atoms with Gasteiger partial charge in [0.2, 0.25) is 24.2 Å². The maximum Gasteiger partial charge on any atom is 0.231 e. The highest BCUT2D eigenvalue weighted by Gasteiger charge is 2.37. The van der Waals surface area contributed by atoms with E-state index in [1.165, 1.54) is 11.5 Å². The van der Waals surface area contributed by atoms with Crippen molar-refractivity contribution in [3.8, 4) is 34.3 Å². The zero-order valence-electron chi connectivity index (χ0n) is 15.9. The third-order valence-electron chi connectivity index (χ3n) is 5.13. The summed E-state index contributed by atoms with van der Waals surface area (Å²) in [5.74, 6) is 1.82. The van der Waals surface area contributed by atoms with Gasteiger partial charge in [0.05, 0.1) is 24.8 Å². The molecule has 1 N–H and O–H groups in total. The summed E-state index contributed by atoms with van der Waals surface area (Å²) in [5, 5.41) is 3.01. The summed E-state index contributed by atoms with van der Waals surface area (Å²) in [6, 6.07) is 11.7. The second-order valence-electron chi connectivity index (χ2n) is 6.71. The average molecular weight is 410 g/mol. The highest BCUT2D eigenvalue weighted by molar-refractivity contribution is 7.07. The van der Waals surface area contributed by atoms with Gasteiger partial charge in [0.15, 0.2) is 11.5 Å². The molecule has 0 saturated carbocycles. The van der Waals surface area contributed by atoms with Crippen LogP contribution >= 0.6 is 11.5 Å². The quantitative estimate of drug-likeness (QED) is 0.700. The van der Waals surface area contributed by atoms with E-state index in [0.717, 1.165) is 27.4 Å². The van der Waals surface area contributed by atoms with E-state index in [-0.39, 0.29) is 25.0 Å². The summed E-state index contributed by atoms with van der Waals surface area (Å²) in [6.45, 7) is 0.0978. The molecule has 1 unspecified atom stereocenters. The van der Waals surface area contributed by atoms with Crippen LogP contribution in [-0.2, 0) is 4.79 Å². The van der Waals surface area contributed by atoms with E-state index in [9.17, 15) is 4.79 Å². The molecule has 3 heterocycles. The molecule has 0 aliphatic carbocycles. The van der Waals surface area contributed by atoms with Gasteiger partial charge in [-0.2, -0.15) is 4.37 Å². The van der Waals surface area contributed by atoms with Crippen molar-refractivity contribution in [3.05, 3.63) is 46.8 Å². The number of benzene rings is 2. The van der Waals surface area contributed by atoms with Crippen molar-refractivity contribution < 1.29 is 23.7 Å². The number of rotatable bonds is 4. The fraction of sp³-hybridized carbons (Fsp3) is 0.238. The number of carbonyl (C=O) groups excluding carboxylic acids is 1. The molecule has 2 aromatic carbocycles. The van der Waals surface area contributed by atoms with Crippen molar-refractivity contribution in [2.75, 3.05) is 26.3 Å².